The molecule has 1 aliphatic rings. The predicted octanol–water partition coefficient (Wildman–Crippen LogP) is 3.91. The van der Waals surface area contributed by atoms with Crippen LogP contribution in [-0.4, -0.2) is 36.6 Å². The van der Waals surface area contributed by atoms with Gasteiger partial charge in [-0.3, -0.25) is 4.90 Å². The number of nitrogens with zero attached hydrogens (tertiary/aromatic N) is 1. The van der Waals surface area contributed by atoms with Crippen LogP contribution in [-0.2, 0) is 0 Å². The van der Waals surface area contributed by atoms with E-state index in [1.54, 1.807) is 0 Å². The Balaban J connectivity index is 2.72. The summed E-state index contributed by atoms with van der Waals surface area (Å²) >= 11 is 0. The van der Waals surface area contributed by atoms with Gasteiger partial charge < -0.3 is 5.32 Å². The molecule has 0 aromatic carbocycles. The molecular formula is C17H36N2. The van der Waals surface area contributed by atoms with Gasteiger partial charge in [0.2, 0.25) is 0 Å². The summed E-state index contributed by atoms with van der Waals surface area (Å²) in [5, 5.41) is 3.72. The molecule has 19 heavy (non-hydrogen) atoms. The Bertz CT molecular complexity index is 260. The highest BCUT2D eigenvalue weighted by Gasteiger charge is 2.37. The van der Waals surface area contributed by atoms with Crippen LogP contribution < -0.4 is 5.32 Å². The smallest absolute Gasteiger partial charge is 0.0254 e. The van der Waals surface area contributed by atoms with Crippen LogP contribution in [0.1, 0.15) is 67.2 Å². The second kappa shape index (κ2) is 7.08. The summed E-state index contributed by atoms with van der Waals surface area (Å²) in [4.78, 5) is 2.65. The third-order valence-electron chi connectivity index (χ3n) is 4.86. The summed E-state index contributed by atoms with van der Waals surface area (Å²) in [6, 6.07) is 2.05. The SMILES string of the molecule is CCNC1CCC(C)(C)CC1N(C)C(C)CC(C)C. The second-order valence-corrected chi connectivity index (χ2v) is 7.78. The Kier molecular flexibility index (Phi) is 6.32. The average Bonchev–Trinajstić information content (AvgIpc) is 2.29. The minimum absolute atomic E-state index is 0.502. The zero-order valence-corrected chi connectivity index (χ0v) is 14.3. The van der Waals surface area contributed by atoms with Gasteiger partial charge in [-0.25, -0.2) is 0 Å². The van der Waals surface area contributed by atoms with Gasteiger partial charge >= 0.3 is 0 Å². The van der Waals surface area contributed by atoms with Crippen LogP contribution in [0.3, 0.4) is 0 Å². The van der Waals surface area contributed by atoms with E-state index < -0.39 is 0 Å². The Morgan fingerprint density at radius 3 is 2.42 bits per heavy atom. The number of rotatable bonds is 6. The quantitative estimate of drug-likeness (QED) is 0.786. The molecular weight excluding hydrogens is 232 g/mol. The molecule has 1 aliphatic carbocycles. The summed E-state index contributed by atoms with van der Waals surface area (Å²) in [7, 11) is 2.34. The molecule has 1 fully saturated rings. The fourth-order valence-electron chi connectivity index (χ4n) is 3.65. The third kappa shape index (κ3) is 5.07. The van der Waals surface area contributed by atoms with Crippen molar-refractivity contribution in [1.29, 1.82) is 0 Å². The highest BCUT2D eigenvalue weighted by atomic mass is 15.2. The lowest BCUT2D eigenvalue weighted by molar-refractivity contribution is 0.0542. The molecule has 0 aromatic heterocycles. The minimum atomic E-state index is 0.502. The van der Waals surface area contributed by atoms with Crippen LogP contribution in [0.4, 0.5) is 0 Å². The van der Waals surface area contributed by atoms with E-state index in [9.17, 15) is 0 Å². The maximum atomic E-state index is 3.72. The molecule has 0 heterocycles. The molecule has 0 bridgehead atoms. The molecule has 0 amide bonds. The predicted molar refractivity (Wildman–Crippen MR) is 85.6 cm³/mol. The van der Waals surface area contributed by atoms with Crippen molar-refractivity contribution in [3.63, 3.8) is 0 Å². The van der Waals surface area contributed by atoms with Crippen molar-refractivity contribution >= 4 is 0 Å². The molecule has 2 heteroatoms. The lowest BCUT2D eigenvalue weighted by Gasteiger charge is -2.47. The largest absolute Gasteiger partial charge is 0.313 e. The first-order valence-electron chi connectivity index (χ1n) is 8.22. The Labute approximate surface area is 121 Å². The van der Waals surface area contributed by atoms with Gasteiger partial charge in [0.05, 0.1) is 0 Å². The summed E-state index contributed by atoms with van der Waals surface area (Å²) in [6.07, 6.45) is 5.30. The zero-order chi connectivity index (χ0) is 14.6. The van der Waals surface area contributed by atoms with Crippen molar-refractivity contribution in [1.82, 2.24) is 10.2 Å². The monoisotopic (exact) mass is 268 g/mol. The van der Waals surface area contributed by atoms with Crippen LogP contribution >= 0.6 is 0 Å². The molecule has 2 nitrogen and oxygen atoms in total. The van der Waals surface area contributed by atoms with Crippen LogP contribution in [0.2, 0.25) is 0 Å². The third-order valence-corrected chi connectivity index (χ3v) is 4.86. The van der Waals surface area contributed by atoms with Gasteiger partial charge in [-0.1, -0.05) is 34.6 Å². The molecule has 0 aliphatic heterocycles. The molecule has 1 N–H and O–H groups in total. The molecule has 1 rings (SSSR count). The molecule has 0 spiro atoms. The number of nitrogens with one attached hydrogen (secondary N) is 1. The van der Waals surface area contributed by atoms with Crippen LogP contribution in [0.5, 0.6) is 0 Å². The van der Waals surface area contributed by atoms with Crippen LogP contribution in [0.15, 0.2) is 0 Å². The van der Waals surface area contributed by atoms with Crippen molar-refractivity contribution < 1.29 is 0 Å². The number of hydrogen-bond acceptors (Lipinski definition) is 2. The van der Waals surface area contributed by atoms with Gasteiger partial charge in [-0.15, -0.1) is 0 Å². The van der Waals surface area contributed by atoms with E-state index in [0.717, 1.165) is 12.5 Å². The van der Waals surface area contributed by atoms with Crippen molar-refractivity contribution in [2.45, 2.75) is 85.4 Å². The van der Waals surface area contributed by atoms with Crippen LogP contribution in [0, 0.1) is 11.3 Å². The lowest BCUT2D eigenvalue weighted by Crippen LogP contribution is -2.55. The van der Waals surface area contributed by atoms with Gasteiger partial charge in [0, 0.05) is 18.1 Å². The van der Waals surface area contributed by atoms with Gasteiger partial charge in [-0.2, -0.15) is 0 Å². The molecule has 0 saturated heterocycles. The number of hydrogen-bond donors (Lipinski definition) is 1. The number of likely N-dealkylation sites (N-methyl/N-ethyl adjacent to an activating group) is 2. The molecule has 0 radical (unpaired) electrons. The van der Waals surface area contributed by atoms with Crippen molar-refractivity contribution in [3.8, 4) is 0 Å². The lowest BCUT2D eigenvalue weighted by atomic mass is 9.72. The standard InChI is InChI=1S/C17H36N2/c1-8-18-15-9-10-17(5,6)12-16(15)19(7)14(4)11-13(2)3/h13-16,18H,8-12H2,1-7H3. The highest BCUT2D eigenvalue weighted by molar-refractivity contribution is 4.94. The first-order valence-corrected chi connectivity index (χ1v) is 8.22. The topological polar surface area (TPSA) is 15.3 Å². The van der Waals surface area contributed by atoms with E-state index in [1.165, 1.54) is 25.7 Å². The van der Waals surface area contributed by atoms with Crippen molar-refractivity contribution in [3.05, 3.63) is 0 Å². The second-order valence-electron chi connectivity index (χ2n) is 7.78. The van der Waals surface area contributed by atoms with Gasteiger partial charge in [-0.05, 0) is 57.5 Å². The summed E-state index contributed by atoms with van der Waals surface area (Å²) in [5.74, 6) is 0.784. The zero-order valence-electron chi connectivity index (χ0n) is 14.3. The Hall–Kier alpha value is -0.0800. The van der Waals surface area contributed by atoms with Gasteiger partial charge in [0.15, 0.2) is 0 Å². The molecule has 114 valence electrons. The molecule has 0 aromatic rings. The summed E-state index contributed by atoms with van der Waals surface area (Å²) in [6.45, 7) is 15.2. The fraction of sp³-hybridized carbons (Fsp3) is 1.00. The van der Waals surface area contributed by atoms with Crippen molar-refractivity contribution in [2.24, 2.45) is 11.3 Å². The van der Waals surface area contributed by atoms with Gasteiger partial charge in [0.1, 0.15) is 0 Å². The summed E-state index contributed by atoms with van der Waals surface area (Å²) in [5.41, 5.74) is 0.502. The fourth-order valence-corrected chi connectivity index (χ4v) is 3.65. The molecule has 1 saturated carbocycles. The van der Waals surface area contributed by atoms with E-state index in [2.05, 4.69) is 58.8 Å². The first-order chi connectivity index (χ1) is 8.76. The van der Waals surface area contributed by atoms with Crippen LogP contribution in [0.25, 0.3) is 0 Å². The van der Waals surface area contributed by atoms with E-state index in [-0.39, 0.29) is 0 Å². The van der Waals surface area contributed by atoms with E-state index >= 15 is 0 Å². The molecule has 3 atom stereocenters. The van der Waals surface area contributed by atoms with E-state index in [1.807, 2.05) is 0 Å². The Morgan fingerprint density at radius 2 is 1.89 bits per heavy atom. The highest BCUT2D eigenvalue weighted by Crippen LogP contribution is 2.38. The first kappa shape index (κ1) is 17.0. The van der Waals surface area contributed by atoms with Crippen molar-refractivity contribution in [2.75, 3.05) is 13.6 Å². The minimum Gasteiger partial charge on any atom is -0.313 e. The molecule has 3 unspecified atom stereocenters. The maximum Gasteiger partial charge on any atom is 0.0254 e. The normalized spacial score (nSPS) is 28.9. The van der Waals surface area contributed by atoms with E-state index in [4.69, 9.17) is 0 Å². The maximum absolute atomic E-state index is 3.72. The van der Waals surface area contributed by atoms with E-state index in [0.29, 0.717) is 23.5 Å². The van der Waals surface area contributed by atoms with Gasteiger partial charge in [0.25, 0.3) is 0 Å². The summed E-state index contributed by atoms with van der Waals surface area (Å²) < 4.78 is 0. The Morgan fingerprint density at radius 1 is 1.26 bits per heavy atom. The average molecular weight is 268 g/mol.